The highest BCUT2D eigenvalue weighted by molar-refractivity contribution is 7.58. The minimum Gasteiger partial charge on any atom is -0.377 e. The summed E-state index contributed by atoms with van der Waals surface area (Å²) in [7, 11) is -11.4. The molecule has 7 aliphatic rings. The number of Topliss-reactive ketones (excluding diaryl/α,β-unsaturated/α-hetero) is 2. The fourth-order valence-corrected chi connectivity index (χ4v) is 23.7. The van der Waals surface area contributed by atoms with E-state index < -0.39 is 29.1 Å². The molecule has 0 aromatic rings. The van der Waals surface area contributed by atoms with Crippen molar-refractivity contribution in [1.29, 1.82) is 0 Å². The lowest BCUT2D eigenvalue weighted by Crippen LogP contribution is -2.40. The Bertz CT molecular complexity index is 3610. The number of hydrogen-bond acceptors (Lipinski definition) is 27. The summed E-state index contributed by atoms with van der Waals surface area (Å²) in [5.74, 6) is 2.81. The van der Waals surface area contributed by atoms with Crippen LogP contribution in [0, 0.1) is 23.7 Å². The van der Waals surface area contributed by atoms with Crippen molar-refractivity contribution >= 4 is 58.6 Å². The molecule has 0 spiro atoms. The van der Waals surface area contributed by atoms with Crippen molar-refractivity contribution < 1.29 is 104 Å². The van der Waals surface area contributed by atoms with E-state index in [1.165, 1.54) is 6.42 Å². The van der Waals surface area contributed by atoms with E-state index in [-0.39, 0.29) is 177 Å². The Morgan fingerprint density at radius 3 is 1.24 bits per heavy atom. The minimum absolute atomic E-state index is 0.00927. The lowest BCUT2D eigenvalue weighted by Gasteiger charge is -2.30. The first kappa shape index (κ1) is 137. The minimum atomic E-state index is -4.40. The lowest BCUT2D eigenvalue weighted by molar-refractivity contribution is -0.135. The van der Waals surface area contributed by atoms with E-state index in [9.17, 15) is 47.8 Å². The summed E-state index contributed by atoms with van der Waals surface area (Å²) >= 11 is 0. The molecule has 0 radical (unpaired) electrons. The van der Waals surface area contributed by atoms with Crippen LogP contribution in [0.3, 0.4) is 0 Å². The van der Waals surface area contributed by atoms with Gasteiger partial charge in [-0.2, -0.15) is 0 Å². The van der Waals surface area contributed by atoms with Gasteiger partial charge in [-0.3, -0.25) is 57.2 Å². The molecule has 0 saturated carbocycles. The number of phosphoric ester groups is 1. The van der Waals surface area contributed by atoms with Crippen molar-refractivity contribution in [1.82, 2.24) is 50.2 Å². The van der Waals surface area contributed by atoms with Gasteiger partial charge in [0.05, 0.1) is 138 Å². The van der Waals surface area contributed by atoms with Crippen LogP contribution in [-0.2, 0) is 88.9 Å². The maximum atomic E-state index is 13.0. The van der Waals surface area contributed by atoms with Gasteiger partial charge in [0, 0.05) is 175 Å². The Hall–Kier alpha value is -2.37. The molecule has 32 nitrogen and oxygen atoms in total. The Morgan fingerprint density at radius 2 is 0.793 bits per heavy atom. The maximum absolute atomic E-state index is 13.0. The topological polar surface area (TPSA) is 350 Å². The lowest BCUT2D eigenvalue weighted by atomic mass is 9.96. The second-order valence-corrected chi connectivity index (χ2v) is 52.6. The van der Waals surface area contributed by atoms with Crippen molar-refractivity contribution in [3.05, 3.63) is 0 Å². The standard InChI is InChI=1S/C29H62N4O8P2.C22H42N2O3.C21H43N2O4P.C19H35NO4.C19H37NO3/c1-20(2)30-25-13-27(32(15-25)22(5)6)11-12-42(34,35)38-18-29(41-24(9)10)19-40-43(36,37)39-17-28-14-26(31-21(3)4)16-33(28)23(7)8;1-16(2)8-7-9-21(25)13-19-12-20(15-27-18(5)6)24(14-19)22(26)10-11-23-17(3)4;1-9-18-10-21(13-22(18)15(2)3)27-28(8,24)25-14-19-11-20(26-17(6)7)12-23(19)16(4)5;1-13(2)18(21)8-7-9-19(22)20-11-17(24-15(5)6)10-16(20)12-23-14(3)4;1-14(2)9-7-8-10-19(21)20-12-18(23-16(5)6)11-17(20)13-22-15(3)4/h20-31H,11-19H2,1-10H3,(H,34,35)(H,36,37);16-20,23H,7-15H2,1-6H3;15-21,24H,8-14H2,1-7H3;13-17H,7-12H2,1-6H3;14-18H,7-13H2,1-6H3/t;;;16-,17+;17-,18+/m...00/s1. The number of rotatable bonds is 63. The van der Waals surface area contributed by atoms with E-state index in [2.05, 4.69) is 201 Å². The molecule has 7 aliphatic heterocycles. The van der Waals surface area contributed by atoms with E-state index >= 15 is 0 Å². The molecule has 18 atom stereocenters. The van der Waals surface area contributed by atoms with Gasteiger partial charge in [-0.05, 0) is 253 Å². The van der Waals surface area contributed by atoms with Crippen LogP contribution in [0.25, 0.3) is 0 Å². The molecular formula is C110H219N10O22P3. The average Bonchev–Trinajstić information content (AvgIpc) is 1.70. The molecule has 7 fully saturated rings. The van der Waals surface area contributed by atoms with Gasteiger partial charge >= 0.3 is 15.4 Å². The summed E-state index contributed by atoms with van der Waals surface area (Å²) in [6.07, 6.45) is 21.5. The zero-order valence-electron chi connectivity index (χ0n) is 97.9. The first-order chi connectivity index (χ1) is 67.6. The van der Waals surface area contributed by atoms with Crippen LogP contribution in [-0.4, -0.2) is 359 Å². The molecule has 7 rings (SSSR count). The third kappa shape index (κ3) is 57.8. The molecule has 7 heterocycles. The van der Waals surface area contributed by atoms with Crippen molar-refractivity contribution in [3.8, 4) is 0 Å². The maximum Gasteiger partial charge on any atom is 0.472 e. The van der Waals surface area contributed by atoms with E-state index in [1.54, 1.807) is 0 Å². The number of phosphoric acid groups is 1. The number of nitrogens with one attached hydrogen (secondary N) is 3. The molecule has 0 bridgehead atoms. The highest BCUT2D eigenvalue weighted by Crippen LogP contribution is 2.49. The smallest absolute Gasteiger partial charge is 0.377 e. The van der Waals surface area contributed by atoms with Gasteiger partial charge in [-0.25, -0.2) is 4.57 Å². The highest BCUT2D eigenvalue weighted by atomic mass is 31.2. The molecule has 0 aliphatic carbocycles. The average molecular weight is 2130 g/mol. The van der Waals surface area contributed by atoms with E-state index in [0.29, 0.717) is 170 Å². The van der Waals surface area contributed by atoms with Crippen molar-refractivity contribution in [3.63, 3.8) is 0 Å². The van der Waals surface area contributed by atoms with Crippen molar-refractivity contribution in [2.45, 2.75) is 547 Å². The molecule has 35 heteroatoms. The Labute approximate surface area is 883 Å². The third-order valence-corrected chi connectivity index (χ3v) is 30.8. The van der Waals surface area contributed by atoms with E-state index in [0.717, 1.165) is 103 Å². The van der Waals surface area contributed by atoms with Crippen LogP contribution in [0.5, 0.6) is 0 Å². The van der Waals surface area contributed by atoms with Crippen molar-refractivity contribution in [2.24, 2.45) is 23.7 Å². The Kier molecular flexibility index (Phi) is 66.3. The molecule has 0 aromatic carbocycles. The number of hydrogen-bond donors (Lipinski definition) is 6. The van der Waals surface area contributed by atoms with Crippen LogP contribution in [0.4, 0.5) is 0 Å². The number of nitrogens with zero attached hydrogens (tertiary/aromatic N) is 7. The summed E-state index contributed by atoms with van der Waals surface area (Å²) < 4.78 is 94.8. The molecule has 145 heavy (non-hydrogen) atoms. The summed E-state index contributed by atoms with van der Waals surface area (Å²) in [5, 5.41) is 10.4. The summed E-state index contributed by atoms with van der Waals surface area (Å²) in [4.78, 5) is 109. The highest BCUT2D eigenvalue weighted by Gasteiger charge is 2.45. The number of ketones is 2. The normalized spacial score (nSPS) is 25.2. The Morgan fingerprint density at radius 1 is 0.386 bits per heavy atom. The molecule has 7 saturated heterocycles. The largest absolute Gasteiger partial charge is 0.472 e. The van der Waals surface area contributed by atoms with Gasteiger partial charge in [0.1, 0.15) is 17.7 Å². The van der Waals surface area contributed by atoms with Gasteiger partial charge in [0.2, 0.25) is 25.3 Å². The first-order valence-corrected chi connectivity index (χ1v) is 61.6. The van der Waals surface area contributed by atoms with Gasteiger partial charge in [-0.15, -0.1) is 0 Å². The summed E-state index contributed by atoms with van der Waals surface area (Å²) in [6.45, 7) is 80.7. The number of amides is 3. The molecule has 3 amide bonds. The van der Waals surface area contributed by atoms with Crippen LogP contribution >= 0.6 is 23.0 Å². The molecule has 14 unspecified atom stereocenters. The van der Waals surface area contributed by atoms with Gasteiger partial charge in [-0.1, -0.05) is 109 Å². The fourth-order valence-electron chi connectivity index (χ4n) is 20.7. The Balaban J connectivity index is 0.000000476. The SMILES string of the molecule is C=P(O)(OCC1CC(OC(C)C)CN1C(C)C)OC1CC(CC)N(C(C)C)C1.CC(C)CCCC(=O)CC1CC(COC(C)C)N(C(=O)CCNC(C)C)C1.CC(C)CCCCC(=O)N1C[C@H](OC(C)C)C[C@H]1COC(C)C.CC(C)NC1CC(CCP(=O)(O)OCC(COP(=O)(O)OCC2CC(NC(C)C)CN2C(C)C)OC(C)C)N(C(C)C)C1.CC(C)OC[C@@H]1C[C@@H](OC(C)C)CN1C(=O)CCCC(=O)C(C)C. The molecule has 856 valence electrons. The summed E-state index contributed by atoms with van der Waals surface area (Å²) in [6, 6.07) is 4.46. The second-order valence-electron chi connectivity index (χ2n) is 47.4. The number of likely N-dealkylation sites (tertiary alicyclic amines) is 7. The predicted molar refractivity (Wildman–Crippen MR) is 590 cm³/mol. The van der Waals surface area contributed by atoms with E-state index in [4.69, 9.17) is 55.8 Å². The quantitative estimate of drug-likeness (QED) is 0.0243. The first-order valence-electron chi connectivity index (χ1n) is 56.6. The van der Waals surface area contributed by atoms with Crippen LogP contribution in [0.1, 0.15) is 377 Å². The zero-order chi connectivity index (χ0) is 110. The second kappa shape index (κ2) is 70.3. The summed E-state index contributed by atoms with van der Waals surface area (Å²) in [5.41, 5.74) is 0. The number of ether oxygens (including phenoxy) is 7. The zero-order valence-corrected chi connectivity index (χ0v) is 101. The fraction of sp³-hybridized carbons (Fsp3) is 0.945. The number of carbonyl (C=O) groups excluding carboxylic acids is 5. The van der Waals surface area contributed by atoms with Crippen LogP contribution < -0.4 is 16.0 Å². The van der Waals surface area contributed by atoms with Gasteiger partial charge < -0.3 is 92.1 Å². The van der Waals surface area contributed by atoms with Crippen LogP contribution in [0.15, 0.2) is 0 Å². The third-order valence-electron chi connectivity index (χ3n) is 27.3. The van der Waals surface area contributed by atoms with Crippen molar-refractivity contribution in [2.75, 3.05) is 105 Å². The van der Waals surface area contributed by atoms with Gasteiger partial charge in [0.15, 0.2) is 0 Å². The van der Waals surface area contributed by atoms with Gasteiger partial charge in [0.25, 0.3) is 0 Å². The molecular weight excluding hydrogens is 1910 g/mol. The van der Waals surface area contributed by atoms with Crippen LogP contribution in [0.2, 0.25) is 0 Å². The number of unbranched alkanes of at least 4 members (excludes halogenated alkanes) is 1. The van der Waals surface area contributed by atoms with E-state index in [1.807, 2.05) is 97.8 Å². The predicted octanol–water partition coefficient (Wildman–Crippen LogP) is 19.0. The molecule has 6 N–H and O–H groups in total. The monoisotopic (exact) mass is 2130 g/mol. The number of carbonyl (C=O) groups is 5. The molecule has 0 aromatic heterocycles.